The number of nitrogens with two attached hydrogens (primary N) is 1. The quantitative estimate of drug-likeness (QED) is 0.743. The van der Waals surface area contributed by atoms with Gasteiger partial charge in [-0.15, -0.1) is 0 Å². The van der Waals surface area contributed by atoms with Crippen LogP contribution in [-0.2, 0) is 22.6 Å². The highest BCUT2D eigenvalue weighted by Crippen LogP contribution is 2.22. The van der Waals surface area contributed by atoms with Crippen LogP contribution in [0.3, 0.4) is 0 Å². The Kier molecular flexibility index (Phi) is 3.52. The van der Waals surface area contributed by atoms with Crippen molar-refractivity contribution in [2.45, 2.75) is 19.0 Å². The number of aliphatic carboxylic acids is 2. The fraction of sp³-hybridized carbons (Fsp3) is 0.231. The average molecular weight is 261 g/mol. The highest BCUT2D eigenvalue weighted by molar-refractivity contribution is 5.86. The number of carboxylic acid groups (broad SMARTS) is 2. The van der Waals surface area contributed by atoms with Crippen LogP contribution < -0.4 is 10.8 Å². The monoisotopic (exact) mass is 261 g/mol. The molecular weight excluding hydrogens is 248 g/mol. The third kappa shape index (κ3) is 2.74. The van der Waals surface area contributed by atoms with Gasteiger partial charge in [-0.25, -0.2) is 0 Å². The van der Waals surface area contributed by atoms with E-state index in [1.54, 1.807) is 22.9 Å². The van der Waals surface area contributed by atoms with Gasteiger partial charge in [0.2, 0.25) is 0 Å². The number of benzene rings is 1. The van der Waals surface area contributed by atoms with Crippen molar-refractivity contribution in [2.75, 3.05) is 0 Å². The van der Waals surface area contributed by atoms with Crippen LogP contribution in [0.5, 0.6) is 0 Å². The Morgan fingerprint density at radius 1 is 1.37 bits per heavy atom. The van der Waals surface area contributed by atoms with Crippen molar-refractivity contribution in [3.8, 4) is 0 Å². The van der Waals surface area contributed by atoms with Gasteiger partial charge in [0, 0.05) is 23.1 Å². The third-order valence-corrected chi connectivity index (χ3v) is 2.92. The Hall–Kier alpha value is -2.34. The molecule has 19 heavy (non-hydrogen) atoms. The molecule has 0 fully saturated rings. The maximum absolute atomic E-state index is 10.8. The van der Waals surface area contributed by atoms with Crippen molar-refractivity contribution in [1.29, 1.82) is 0 Å². The summed E-state index contributed by atoms with van der Waals surface area (Å²) >= 11 is 0. The van der Waals surface area contributed by atoms with Gasteiger partial charge in [-0.3, -0.25) is 4.79 Å². The zero-order valence-corrected chi connectivity index (χ0v) is 10.1. The number of hydrogen-bond donors (Lipinski definition) is 2. The van der Waals surface area contributed by atoms with E-state index in [2.05, 4.69) is 0 Å². The van der Waals surface area contributed by atoms with Crippen LogP contribution in [0.2, 0.25) is 0 Å². The predicted octanol–water partition coefficient (Wildman–Crippen LogP) is -0.654. The molecule has 0 aliphatic rings. The second-order valence-electron chi connectivity index (χ2n) is 4.32. The minimum atomic E-state index is -1.32. The second kappa shape index (κ2) is 5.11. The molecule has 100 valence electrons. The topological polar surface area (TPSA) is 108 Å². The molecule has 0 saturated carbocycles. The Morgan fingerprint density at radius 2 is 2.05 bits per heavy atom. The lowest BCUT2D eigenvalue weighted by atomic mass is 10.1. The van der Waals surface area contributed by atoms with E-state index < -0.39 is 18.0 Å². The molecule has 1 aromatic carbocycles. The van der Waals surface area contributed by atoms with Gasteiger partial charge in [0.15, 0.2) is 0 Å². The molecule has 2 aromatic rings. The number of para-hydroxylation sites is 1. The molecule has 6 nitrogen and oxygen atoms in total. The van der Waals surface area contributed by atoms with Gasteiger partial charge < -0.3 is 25.3 Å². The van der Waals surface area contributed by atoms with E-state index in [-0.39, 0.29) is 13.0 Å². The minimum absolute atomic E-state index is 0.107. The fourth-order valence-electron chi connectivity index (χ4n) is 2.08. The molecule has 0 unspecified atom stereocenters. The first-order valence-electron chi connectivity index (χ1n) is 5.74. The Morgan fingerprint density at radius 3 is 2.68 bits per heavy atom. The number of carbonyl (C=O) groups is 2. The Labute approximate surface area is 109 Å². The van der Waals surface area contributed by atoms with Gasteiger partial charge in [0.05, 0.1) is 5.97 Å². The summed E-state index contributed by atoms with van der Waals surface area (Å²) < 4.78 is 1.56. The van der Waals surface area contributed by atoms with Gasteiger partial charge in [-0.2, -0.15) is 0 Å². The number of hydrogen-bond acceptors (Lipinski definition) is 4. The molecule has 0 radical (unpaired) electrons. The number of carboxylic acids is 2. The molecule has 2 rings (SSSR count). The summed E-state index contributed by atoms with van der Waals surface area (Å²) in [6.45, 7) is -0.179. The SMILES string of the molecule is N[C@@H](Cc1cn(CC(=O)O)c2ccccc12)C(=O)[O-]. The van der Waals surface area contributed by atoms with Crippen LogP contribution in [0.4, 0.5) is 0 Å². The number of carbonyl (C=O) groups excluding carboxylic acids is 1. The average Bonchev–Trinajstić information content (AvgIpc) is 2.67. The molecule has 1 aromatic heterocycles. The number of aromatic nitrogens is 1. The smallest absolute Gasteiger partial charge is 0.323 e. The first-order chi connectivity index (χ1) is 8.99. The number of fused-ring (bicyclic) bond motifs is 1. The van der Waals surface area contributed by atoms with Crippen LogP contribution in [0.15, 0.2) is 30.5 Å². The molecule has 6 heteroatoms. The van der Waals surface area contributed by atoms with Gasteiger partial charge in [-0.1, -0.05) is 18.2 Å². The van der Waals surface area contributed by atoms with E-state index in [0.717, 1.165) is 10.9 Å². The molecule has 0 bridgehead atoms. The predicted molar refractivity (Wildman–Crippen MR) is 66.3 cm³/mol. The first-order valence-corrected chi connectivity index (χ1v) is 5.74. The standard InChI is InChI=1S/C13H14N2O4/c14-10(13(18)19)5-8-6-15(7-12(16)17)11-4-2-1-3-9(8)11/h1-4,6,10H,5,7,14H2,(H,16,17)(H,18,19)/p-1/t10-/m0/s1. The van der Waals surface area contributed by atoms with Gasteiger partial charge in [0.25, 0.3) is 0 Å². The van der Waals surface area contributed by atoms with Gasteiger partial charge >= 0.3 is 5.97 Å². The van der Waals surface area contributed by atoms with Crippen LogP contribution in [0, 0.1) is 0 Å². The summed E-state index contributed by atoms with van der Waals surface area (Å²) in [6.07, 6.45) is 1.73. The molecule has 1 heterocycles. The summed E-state index contributed by atoms with van der Waals surface area (Å²) in [6, 6.07) is 6.09. The van der Waals surface area contributed by atoms with E-state index in [1.165, 1.54) is 0 Å². The van der Waals surface area contributed by atoms with E-state index in [4.69, 9.17) is 10.8 Å². The van der Waals surface area contributed by atoms with E-state index in [1.807, 2.05) is 12.1 Å². The van der Waals surface area contributed by atoms with Gasteiger partial charge in [0.1, 0.15) is 6.54 Å². The lowest BCUT2D eigenvalue weighted by Gasteiger charge is -2.11. The molecular formula is C13H13N2O4-. The lowest BCUT2D eigenvalue weighted by Crippen LogP contribution is -2.43. The Bertz CT molecular complexity index is 633. The third-order valence-electron chi connectivity index (χ3n) is 2.92. The van der Waals surface area contributed by atoms with Crippen LogP contribution >= 0.6 is 0 Å². The van der Waals surface area contributed by atoms with Gasteiger partial charge in [-0.05, 0) is 18.1 Å². The minimum Gasteiger partial charge on any atom is -0.548 e. The number of rotatable bonds is 5. The summed E-state index contributed by atoms with van der Waals surface area (Å²) in [4.78, 5) is 21.5. The maximum Gasteiger partial charge on any atom is 0.323 e. The molecule has 1 atom stereocenters. The Balaban J connectivity index is 2.44. The molecule has 0 amide bonds. The molecule has 0 aliphatic heterocycles. The van der Waals surface area contributed by atoms with Crippen LogP contribution in [0.1, 0.15) is 5.56 Å². The van der Waals surface area contributed by atoms with Crippen molar-refractivity contribution in [3.05, 3.63) is 36.0 Å². The molecule has 0 spiro atoms. The maximum atomic E-state index is 10.8. The van der Waals surface area contributed by atoms with Crippen molar-refractivity contribution >= 4 is 22.8 Å². The summed E-state index contributed by atoms with van der Waals surface area (Å²) in [5, 5.41) is 20.3. The van der Waals surface area contributed by atoms with Crippen LogP contribution in [0.25, 0.3) is 10.9 Å². The second-order valence-corrected chi connectivity index (χ2v) is 4.32. The summed E-state index contributed by atoms with van der Waals surface area (Å²) in [7, 11) is 0. The van der Waals surface area contributed by atoms with E-state index in [9.17, 15) is 14.7 Å². The number of nitrogens with zero attached hydrogens (tertiary/aromatic N) is 1. The van der Waals surface area contributed by atoms with Crippen molar-refractivity contribution < 1.29 is 19.8 Å². The zero-order valence-electron chi connectivity index (χ0n) is 10.1. The highest BCUT2D eigenvalue weighted by Gasteiger charge is 2.13. The first kappa shape index (κ1) is 13.1. The van der Waals surface area contributed by atoms with Crippen molar-refractivity contribution in [1.82, 2.24) is 4.57 Å². The van der Waals surface area contributed by atoms with E-state index >= 15 is 0 Å². The fourth-order valence-corrected chi connectivity index (χ4v) is 2.08. The van der Waals surface area contributed by atoms with Crippen molar-refractivity contribution in [2.24, 2.45) is 5.73 Å². The lowest BCUT2D eigenvalue weighted by molar-refractivity contribution is -0.307. The van der Waals surface area contributed by atoms with Crippen LogP contribution in [-0.4, -0.2) is 27.7 Å². The molecule has 0 aliphatic carbocycles. The van der Waals surface area contributed by atoms with E-state index in [0.29, 0.717) is 5.56 Å². The molecule has 3 N–H and O–H groups in total. The zero-order chi connectivity index (χ0) is 14.0. The highest BCUT2D eigenvalue weighted by atomic mass is 16.4. The molecule has 0 saturated heterocycles. The van der Waals surface area contributed by atoms with Crippen molar-refractivity contribution in [3.63, 3.8) is 0 Å². The largest absolute Gasteiger partial charge is 0.548 e. The summed E-state index contributed by atoms with van der Waals surface area (Å²) in [5.74, 6) is -2.29. The summed E-state index contributed by atoms with van der Waals surface area (Å²) in [5.41, 5.74) is 6.91. The normalized spacial score (nSPS) is 12.5.